The first-order valence-corrected chi connectivity index (χ1v) is 5.29. The lowest BCUT2D eigenvalue weighted by Crippen LogP contribution is -1.99. The Balaban J connectivity index is 2.65. The first-order valence-electron chi connectivity index (χ1n) is 5.29. The van der Waals surface area contributed by atoms with Gasteiger partial charge in [0.1, 0.15) is 0 Å². The number of rotatable bonds is 2. The van der Waals surface area contributed by atoms with Gasteiger partial charge in [-0.15, -0.1) is 0 Å². The molecule has 0 aromatic rings. The van der Waals surface area contributed by atoms with Crippen molar-refractivity contribution in [2.45, 2.75) is 34.1 Å². The predicted molar refractivity (Wildman–Crippen MR) is 64.2 cm³/mol. The van der Waals surface area contributed by atoms with E-state index in [1.165, 1.54) is 23.1 Å². The van der Waals surface area contributed by atoms with Crippen LogP contribution in [0.4, 0.5) is 0 Å². The average molecular weight is 188 g/mol. The maximum absolute atomic E-state index is 2.31. The zero-order valence-corrected chi connectivity index (χ0v) is 9.67. The van der Waals surface area contributed by atoms with Crippen LogP contribution in [0.15, 0.2) is 47.1 Å². The minimum atomic E-state index is 0.718. The van der Waals surface area contributed by atoms with Gasteiger partial charge in [-0.25, -0.2) is 0 Å². The van der Waals surface area contributed by atoms with Crippen molar-refractivity contribution in [3.05, 3.63) is 47.1 Å². The highest BCUT2D eigenvalue weighted by Gasteiger charge is 2.07. The zero-order valence-electron chi connectivity index (χ0n) is 9.67. The van der Waals surface area contributed by atoms with Gasteiger partial charge in [0.2, 0.25) is 0 Å². The second kappa shape index (κ2) is 4.99. The fraction of sp³-hybridized carbons (Fsp3) is 0.429. The highest BCUT2D eigenvalue weighted by molar-refractivity contribution is 5.38. The van der Waals surface area contributed by atoms with Crippen molar-refractivity contribution in [3.8, 4) is 0 Å². The Labute approximate surface area is 87.7 Å². The summed E-state index contributed by atoms with van der Waals surface area (Å²) in [5.41, 5.74) is 4.18. The minimum absolute atomic E-state index is 0.718. The van der Waals surface area contributed by atoms with E-state index in [1.807, 2.05) is 0 Å². The lowest BCUT2D eigenvalue weighted by atomic mass is 9.91. The molecule has 1 aliphatic carbocycles. The molecule has 0 amide bonds. The van der Waals surface area contributed by atoms with E-state index in [0.717, 1.165) is 5.92 Å². The number of hydrogen-bond acceptors (Lipinski definition) is 0. The Hall–Kier alpha value is -1.04. The van der Waals surface area contributed by atoms with Crippen LogP contribution in [-0.4, -0.2) is 0 Å². The van der Waals surface area contributed by atoms with Crippen molar-refractivity contribution in [2.24, 2.45) is 5.92 Å². The van der Waals surface area contributed by atoms with Crippen LogP contribution in [0.2, 0.25) is 0 Å². The van der Waals surface area contributed by atoms with Gasteiger partial charge in [0.25, 0.3) is 0 Å². The van der Waals surface area contributed by atoms with E-state index in [-0.39, 0.29) is 0 Å². The molecule has 1 unspecified atom stereocenters. The van der Waals surface area contributed by atoms with Gasteiger partial charge < -0.3 is 0 Å². The van der Waals surface area contributed by atoms with Crippen LogP contribution in [0.1, 0.15) is 34.1 Å². The highest BCUT2D eigenvalue weighted by atomic mass is 14.1. The van der Waals surface area contributed by atoms with Crippen LogP contribution in [0.5, 0.6) is 0 Å². The fourth-order valence-corrected chi connectivity index (χ4v) is 1.43. The van der Waals surface area contributed by atoms with Crippen LogP contribution >= 0.6 is 0 Å². The van der Waals surface area contributed by atoms with E-state index in [1.54, 1.807) is 0 Å². The predicted octanol–water partition coefficient (Wildman–Crippen LogP) is 4.42. The van der Waals surface area contributed by atoms with Crippen LogP contribution in [0.3, 0.4) is 0 Å². The molecule has 0 nitrogen and oxygen atoms in total. The molecule has 0 saturated carbocycles. The molecular weight excluding hydrogens is 168 g/mol. The van der Waals surface area contributed by atoms with E-state index in [0.29, 0.717) is 0 Å². The molecule has 1 aliphatic rings. The smallest absolute Gasteiger partial charge is 0.0196 e. The van der Waals surface area contributed by atoms with E-state index < -0.39 is 0 Å². The molecule has 0 N–H and O–H groups in total. The van der Waals surface area contributed by atoms with Crippen LogP contribution in [0.25, 0.3) is 0 Å². The first-order chi connectivity index (χ1) is 6.59. The van der Waals surface area contributed by atoms with Crippen LogP contribution in [-0.2, 0) is 0 Å². The van der Waals surface area contributed by atoms with E-state index in [2.05, 4.69) is 58.1 Å². The van der Waals surface area contributed by atoms with E-state index in [4.69, 9.17) is 0 Å². The molecule has 0 bridgehead atoms. The third kappa shape index (κ3) is 3.37. The van der Waals surface area contributed by atoms with Crippen molar-refractivity contribution in [1.29, 1.82) is 0 Å². The summed E-state index contributed by atoms with van der Waals surface area (Å²) in [6.07, 6.45) is 12.2. The fourth-order valence-electron chi connectivity index (χ4n) is 1.43. The van der Waals surface area contributed by atoms with Crippen molar-refractivity contribution in [3.63, 3.8) is 0 Å². The molecule has 0 radical (unpaired) electrons. The first kappa shape index (κ1) is 11.0. The van der Waals surface area contributed by atoms with Crippen molar-refractivity contribution < 1.29 is 0 Å². The maximum atomic E-state index is 2.31. The zero-order chi connectivity index (χ0) is 10.6. The summed E-state index contributed by atoms with van der Waals surface area (Å²) in [6.45, 7) is 8.72. The van der Waals surface area contributed by atoms with Gasteiger partial charge in [-0.1, -0.05) is 48.5 Å². The third-order valence-electron chi connectivity index (χ3n) is 2.60. The minimum Gasteiger partial charge on any atom is -0.0767 e. The Bertz CT molecular complexity index is 307. The molecule has 0 heteroatoms. The summed E-state index contributed by atoms with van der Waals surface area (Å²) in [5.74, 6) is 0.718. The second-order valence-electron chi connectivity index (χ2n) is 4.33. The molecule has 0 saturated heterocycles. The summed E-state index contributed by atoms with van der Waals surface area (Å²) < 4.78 is 0. The Morgan fingerprint density at radius 1 is 1.43 bits per heavy atom. The van der Waals surface area contributed by atoms with Gasteiger partial charge in [-0.2, -0.15) is 0 Å². The maximum Gasteiger partial charge on any atom is -0.0196 e. The molecule has 0 aliphatic heterocycles. The summed E-state index contributed by atoms with van der Waals surface area (Å²) in [5, 5.41) is 0. The van der Waals surface area contributed by atoms with Crippen molar-refractivity contribution in [1.82, 2.24) is 0 Å². The van der Waals surface area contributed by atoms with Gasteiger partial charge in [-0.05, 0) is 38.7 Å². The molecule has 0 fully saturated rings. The Morgan fingerprint density at radius 2 is 2.14 bits per heavy atom. The Morgan fingerprint density at radius 3 is 2.71 bits per heavy atom. The standard InChI is InChI=1S/C14H20/c1-11(2)6-5-7-14-9-8-12(3)13(4)10-14/h5-7,9-10,12H,8H2,1-4H3/b7-5+. The topological polar surface area (TPSA) is 0 Å². The summed E-state index contributed by atoms with van der Waals surface area (Å²) in [7, 11) is 0. The summed E-state index contributed by atoms with van der Waals surface area (Å²) in [6, 6.07) is 0. The number of allylic oxidation sites excluding steroid dienone is 8. The molecule has 0 heterocycles. The molecule has 1 rings (SSSR count). The quantitative estimate of drug-likeness (QED) is 0.563. The molecule has 76 valence electrons. The highest BCUT2D eigenvalue weighted by Crippen LogP contribution is 2.23. The number of hydrogen-bond donors (Lipinski definition) is 0. The molecule has 0 aromatic carbocycles. The van der Waals surface area contributed by atoms with E-state index >= 15 is 0 Å². The SMILES string of the molecule is CC(C)=C/C=C/C1=CCC(C)C(C)=C1. The summed E-state index contributed by atoms with van der Waals surface area (Å²) >= 11 is 0. The monoisotopic (exact) mass is 188 g/mol. The third-order valence-corrected chi connectivity index (χ3v) is 2.60. The Kier molecular flexibility index (Phi) is 3.94. The van der Waals surface area contributed by atoms with E-state index in [9.17, 15) is 0 Å². The normalized spacial score (nSPS) is 21.9. The van der Waals surface area contributed by atoms with Gasteiger partial charge >= 0.3 is 0 Å². The van der Waals surface area contributed by atoms with Gasteiger partial charge in [0.15, 0.2) is 0 Å². The summed E-state index contributed by atoms with van der Waals surface area (Å²) in [4.78, 5) is 0. The van der Waals surface area contributed by atoms with Crippen molar-refractivity contribution in [2.75, 3.05) is 0 Å². The molecule has 14 heavy (non-hydrogen) atoms. The van der Waals surface area contributed by atoms with Crippen LogP contribution < -0.4 is 0 Å². The van der Waals surface area contributed by atoms with Crippen molar-refractivity contribution >= 4 is 0 Å². The molecule has 0 aromatic heterocycles. The average Bonchev–Trinajstić information content (AvgIpc) is 2.10. The largest absolute Gasteiger partial charge is 0.0767 e. The van der Waals surface area contributed by atoms with Gasteiger partial charge in [-0.3, -0.25) is 0 Å². The lowest BCUT2D eigenvalue weighted by Gasteiger charge is -2.15. The second-order valence-corrected chi connectivity index (χ2v) is 4.33. The molecule has 1 atom stereocenters. The van der Waals surface area contributed by atoms with Crippen LogP contribution in [0, 0.1) is 5.92 Å². The molecular formula is C14H20. The lowest BCUT2D eigenvalue weighted by molar-refractivity contribution is 0.683. The van der Waals surface area contributed by atoms with Gasteiger partial charge in [0, 0.05) is 0 Å². The van der Waals surface area contributed by atoms with Gasteiger partial charge in [0.05, 0.1) is 0 Å². The molecule has 0 spiro atoms.